The molecule has 1 fully saturated rings. The quantitative estimate of drug-likeness (QED) is 0.767. The van der Waals surface area contributed by atoms with Crippen LogP contribution >= 0.6 is 0 Å². The van der Waals surface area contributed by atoms with Crippen molar-refractivity contribution in [3.63, 3.8) is 0 Å². The molecule has 1 aliphatic rings. The maximum atomic E-state index is 12.0. The van der Waals surface area contributed by atoms with Crippen LogP contribution in [0.4, 0.5) is 0 Å². The summed E-state index contributed by atoms with van der Waals surface area (Å²) in [5, 5.41) is 8.87. The van der Waals surface area contributed by atoms with Crippen LogP contribution in [0.1, 0.15) is 33.6 Å². The number of nitrogens with zero attached hydrogens (tertiary/aromatic N) is 1. The average Bonchev–Trinajstić information content (AvgIpc) is 2.00. The third-order valence-corrected chi connectivity index (χ3v) is 3.16. The Kier molecular flexibility index (Phi) is 3.72. The second-order valence-corrected chi connectivity index (χ2v) is 4.35. The lowest BCUT2D eigenvalue weighted by Gasteiger charge is -2.37. The van der Waals surface area contributed by atoms with E-state index in [1.54, 1.807) is 4.90 Å². The van der Waals surface area contributed by atoms with E-state index in [0.29, 0.717) is 13.0 Å². The van der Waals surface area contributed by atoms with E-state index in [0.717, 1.165) is 6.42 Å². The van der Waals surface area contributed by atoms with Gasteiger partial charge in [0.15, 0.2) is 0 Å². The molecule has 0 bridgehead atoms. The lowest BCUT2D eigenvalue weighted by Crippen LogP contribution is -2.48. The van der Waals surface area contributed by atoms with Crippen LogP contribution in [0.5, 0.6) is 0 Å². The number of amides is 1. The summed E-state index contributed by atoms with van der Waals surface area (Å²) in [5.74, 6) is -1.57. The molecule has 4 heteroatoms. The van der Waals surface area contributed by atoms with Gasteiger partial charge < -0.3 is 10.0 Å². The van der Waals surface area contributed by atoms with Gasteiger partial charge in [0.2, 0.25) is 5.91 Å². The Bertz CT molecular complexity index is 263. The van der Waals surface area contributed by atoms with Crippen LogP contribution in [-0.4, -0.2) is 34.5 Å². The number of hydrogen-bond acceptors (Lipinski definition) is 2. The van der Waals surface area contributed by atoms with Gasteiger partial charge in [-0.2, -0.15) is 0 Å². The van der Waals surface area contributed by atoms with Gasteiger partial charge in [-0.1, -0.05) is 0 Å². The fourth-order valence-electron chi connectivity index (χ4n) is 2.08. The summed E-state index contributed by atoms with van der Waals surface area (Å²) in [6.45, 7) is 6.48. The van der Waals surface area contributed by atoms with Crippen molar-refractivity contribution in [2.75, 3.05) is 6.54 Å². The molecule has 0 aliphatic heterocycles. The van der Waals surface area contributed by atoms with Crippen molar-refractivity contribution in [3.05, 3.63) is 0 Å². The highest BCUT2D eigenvalue weighted by molar-refractivity contribution is 5.86. The van der Waals surface area contributed by atoms with Gasteiger partial charge in [0.1, 0.15) is 0 Å². The molecule has 0 spiro atoms. The van der Waals surface area contributed by atoms with E-state index in [-0.39, 0.29) is 17.9 Å². The van der Waals surface area contributed by atoms with Gasteiger partial charge >= 0.3 is 5.97 Å². The highest BCUT2D eigenvalue weighted by Gasteiger charge is 2.43. The largest absolute Gasteiger partial charge is 0.481 e. The van der Waals surface area contributed by atoms with Crippen molar-refractivity contribution in [2.24, 2.45) is 11.8 Å². The first-order valence-electron chi connectivity index (χ1n) is 5.52. The lowest BCUT2D eigenvalue weighted by molar-refractivity contribution is -0.157. The molecule has 0 heterocycles. The number of carboxylic acids is 1. The summed E-state index contributed by atoms with van der Waals surface area (Å²) >= 11 is 0. The van der Waals surface area contributed by atoms with Gasteiger partial charge in [-0.3, -0.25) is 9.59 Å². The fourth-order valence-corrected chi connectivity index (χ4v) is 2.08. The summed E-state index contributed by atoms with van der Waals surface area (Å²) in [4.78, 5) is 24.5. The zero-order valence-electron chi connectivity index (χ0n) is 9.56. The minimum absolute atomic E-state index is 0.00569. The Balaban J connectivity index is 2.64. The van der Waals surface area contributed by atoms with Gasteiger partial charge in [-0.15, -0.1) is 0 Å². The van der Waals surface area contributed by atoms with Crippen molar-refractivity contribution in [3.8, 4) is 0 Å². The van der Waals surface area contributed by atoms with E-state index in [4.69, 9.17) is 5.11 Å². The number of aliphatic carboxylic acids is 1. The predicted octanol–water partition coefficient (Wildman–Crippen LogP) is 1.35. The number of carboxylic acid groups (broad SMARTS) is 1. The molecular weight excluding hydrogens is 194 g/mol. The van der Waals surface area contributed by atoms with Crippen molar-refractivity contribution in [1.29, 1.82) is 0 Å². The minimum atomic E-state index is -0.834. The molecule has 2 unspecified atom stereocenters. The van der Waals surface area contributed by atoms with E-state index in [9.17, 15) is 9.59 Å². The van der Waals surface area contributed by atoms with Crippen LogP contribution in [0.15, 0.2) is 0 Å². The van der Waals surface area contributed by atoms with Gasteiger partial charge in [-0.25, -0.2) is 0 Å². The minimum Gasteiger partial charge on any atom is -0.481 e. The second-order valence-electron chi connectivity index (χ2n) is 4.35. The molecule has 2 atom stereocenters. The summed E-state index contributed by atoms with van der Waals surface area (Å²) in [5.41, 5.74) is 0. The smallest absolute Gasteiger partial charge is 0.307 e. The Morgan fingerprint density at radius 1 is 1.33 bits per heavy atom. The zero-order valence-corrected chi connectivity index (χ0v) is 9.56. The Labute approximate surface area is 90.3 Å². The molecule has 0 aromatic heterocycles. The molecule has 1 aliphatic carbocycles. The van der Waals surface area contributed by atoms with E-state index in [2.05, 4.69) is 0 Å². The molecule has 1 amide bonds. The zero-order chi connectivity index (χ0) is 11.6. The summed E-state index contributed by atoms with van der Waals surface area (Å²) in [7, 11) is 0. The van der Waals surface area contributed by atoms with E-state index < -0.39 is 11.9 Å². The molecule has 0 saturated heterocycles. The van der Waals surface area contributed by atoms with Crippen LogP contribution in [0.2, 0.25) is 0 Å². The second kappa shape index (κ2) is 4.64. The van der Waals surface area contributed by atoms with Crippen LogP contribution < -0.4 is 0 Å². The third-order valence-electron chi connectivity index (χ3n) is 3.16. The first-order chi connectivity index (χ1) is 6.99. The topological polar surface area (TPSA) is 57.6 Å². The number of hydrogen-bond donors (Lipinski definition) is 1. The normalized spacial score (nSPS) is 24.8. The average molecular weight is 213 g/mol. The molecule has 1 rings (SSSR count). The maximum absolute atomic E-state index is 12.0. The molecule has 1 saturated carbocycles. The fraction of sp³-hybridized carbons (Fsp3) is 0.818. The molecule has 86 valence electrons. The molecule has 0 radical (unpaired) electrons. The molecule has 4 nitrogen and oxygen atoms in total. The maximum Gasteiger partial charge on any atom is 0.307 e. The van der Waals surface area contributed by atoms with Crippen molar-refractivity contribution >= 4 is 11.9 Å². The Hall–Kier alpha value is -1.06. The molecular formula is C11H19NO3. The monoisotopic (exact) mass is 213 g/mol. The highest BCUT2D eigenvalue weighted by atomic mass is 16.4. The Morgan fingerprint density at radius 3 is 2.13 bits per heavy atom. The summed E-state index contributed by atoms with van der Waals surface area (Å²) in [6, 6.07) is 0.151. The van der Waals surface area contributed by atoms with E-state index in [1.807, 2.05) is 20.8 Å². The first-order valence-corrected chi connectivity index (χ1v) is 5.52. The van der Waals surface area contributed by atoms with Gasteiger partial charge in [0, 0.05) is 12.6 Å². The van der Waals surface area contributed by atoms with Gasteiger partial charge in [0.05, 0.1) is 11.8 Å². The first kappa shape index (κ1) is 12.0. The summed E-state index contributed by atoms with van der Waals surface area (Å²) in [6.07, 6.45) is 1.36. The van der Waals surface area contributed by atoms with Crippen LogP contribution in [0.25, 0.3) is 0 Å². The van der Waals surface area contributed by atoms with Crippen LogP contribution in [0.3, 0.4) is 0 Å². The van der Waals surface area contributed by atoms with Crippen LogP contribution in [-0.2, 0) is 9.59 Å². The number of carbonyl (C=O) groups excluding carboxylic acids is 1. The Morgan fingerprint density at radius 2 is 1.87 bits per heavy atom. The van der Waals surface area contributed by atoms with Gasteiger partial charge in [0.25, 0.3) is 0 Å². The molecule has 1 N–H and O–H groups in total. The SMILES string of the molecule is CCN(C(=O)C1CCC1C(=O)O)C(C)C. The molecule has 15 heavy (non-hydrogen) atoms. The van der Waals surface area contributed by atoms with Crippen molar-refractivity contribution < 1.29 is 14.7 Å². The van der Waals surface area contributed by atoms with E-state index >= 15 is 0 Å². The third kappa shape index (κ3) is 2.30. The number of rotatable bonds is 4. The molecule has 0 aromatic rings. The molecule has 0 aromatic carbocycles. The summed E-state index contributed by atoms with van der Waals surface area (Å²) < 4.78 is 0. The predicted molar refractivity (Wildman–Crippen MR) is 56.4 cm³/mol. The van der Waals surface area contributed by atoms with Crippen LogP contribution in [0, 0.1) is 11.8 Å². The number of carbonyl (C=O) groups is 2. The standard InChI is InChI=1S/C11H19NO3/c1-4-12(7(2)3)10(13)8-5-6-9(8)11(14)15/h7-9H,4-6H2,1-3H3,(H,14,15). The lowest BCUT2D eigenvalue weighted by atomic mass is 9.73. The van der Waals surface area contributed by atoms with Gasteiger partial charge in [-0.05, 0) is 33.6 Å². The van der Waals surface area contributed by atoms with Crippen molar-refractivity contribution in [2.45, 2.75) is 39.7 Å². The van der Waals surface area contributed by atoms with Crippen molar-refractivity contribution in [1.82, 2.24) is 4.90 Å². The van der Waals surface area contributed by atoms with E-state index in [1.165, 1.54) is 0 Å². The highest BCUT2D eigenvalue weighted by Crippen LogP contribution is 2.36.